The molecule has 2 N–H and O–H groups in total. The minimum absolute atomic E-state index is 0.262. The summed E-state index contributed by atoms with van der Waals surface area (Å²) in [6.07, 6.45) is 0. The molecular weight excluding hydrogens is 587 g/mol. The number of rotatable bonds is 7. The Morgan fingerprint density at radius 2 is 1.14 bits per heavy atom. The van der Waals surface area contributed by atoms with E-state index in [0.717, 1.165) is 0 Å². The van der Waals surface area contributed by atoms with Crippen molar-refractivity contribution in [1.82, 2.24) is 9.80 Å². The van der Waals surface area contributed by atoms with E-state index in [2.05, 4.69) is 0 Å². The number of hydrogen-bond donors (Lipinski definition) is 2. The van der Waals surface area contributed by atoms with E-state index in [1.807, 2.05) is 0 Å². The van der Waals surface area contributed by atoms with Crippen LogP contribution in [0.3, 0.4) is 0 Å². The van der Waals surface area contributed by atoms with Crippen molar-refractivity contribution in [3.63, 3.8) is 0 Å². The molecule has 2 aromatic rings. The summed E-state index contributed by atoms with van der Waals surface area (Å²) in [5, 5.41) is 17.7. The first-order valence-corrected chi connectivity index (χ1v) is 15.4. The van der Waals surface area contributed by atoms with Crippen molar-refractivity contribution in [1.29, 1.82) is 0 Å². The predicted molar refractivity (Wildman–Crippen MR) is 144 cm³/mol. The van der Waals surface area contributed by atoms with Gasteiger partial charge < -0.3 is 20.0 Å². The van der Waals surface area contributed by atoms with Crippen molar-refractivity contribution < 1.29 is 29.4 Å². The predicted octanol–water partition coefficient (Wildman–Crippen LogP) is 4.99. The molecule has 2 amide bonds. The standard InChI is InChI=1S/C22H18Cl2N2O6S4/c23-11-1-3-15(13(9-11)17(27)25-5-7-33-19(25)21(29)30)35-36-16-4-2-12(24)10-14(16)18(28)26-6-8-34-20(26)22(31)32/h1-4,9-10,19-20H,5-8H2,(H,29,30)(H,31,32). The maximum Gasteiger partial charge on any atom is 0.337 e. The normalized spacial score (nSPS) is 19.5. The average Bonchev–Trinajstić information content (AvgIpc) is 3.53. The summed E-state index contributed by atoms with van der Waals surface area (Å²) in [4.78, 5) is 53.4. The van der Waals surface area contributed by atoms with Crippen LogP contribution in [0.2, 0.25) is 10.0 Å². The molecular formula is C22H18Cl2N2O6S4. The van der Waals surface area contributed by atoms with Crippen molar-refractivity contribution in [2.24, 2.45) is 0 Å². The molecule has 2 heterocycles. The maximum absolute atomic E-state index is 13.3. The minimum Gasteiger partial charge on any atom is -0.479 e. The van der Waals surface area contributed by atoms with Gasteiger partial charge in [0.15, 0.2) is 10.7 Å². The van der Waals surface area contributed by atoms with Gasteiger partial charge in [-0.3, -0.25) is 9.59 Å². The van der Waals surface area contributed by atoms with Crippen molar-refractivity contribution in [3.05, 3.63) is 57.6 Å². The van der Waals surface area contributed by atoms with E-state index in [1.54, 1.807) is 24.3 Å². The van der Waals surface area contributed by atoms with E-state index in [4.69, 9.17) is 23.2 Å². The number of carbonyl (C=O) groups is 4. The van der Waals surface area contributed by atoms with Crippen molar-refractivity contribution in [3.8, 4) is 0 Å². The number of carboxylic acid groups (broad SMARTS) is 2. The molecule has 0 bridgehead atoms. The van der Waals surface area contributed by atoms with Crippen LogP contribution >= 0.6 is 68.3 Å². The summed E-state index contributed by atoms with van der Waals surface area (Å²) in [7, 11) is 2.43. The molecule has 0 spiro atoms. The molecule has 8 nitrogen and oxygen atoms in total. The van der Waals surface area contributed by atoms with Crippen LogP contribution in [0.25, 0.3) is 0 Å². The Bertz CT molecular complexity index is 1140. The molecule has 0 aliphatic carbocycles. The van der Waals surface area contributed by atoms with E-state index < -0.39 is 34.5 Å². The number of carboxylic acids is 2. The fraction of sp³-hybridized carbons (Fsp3) is 0.273. The van der Waals surface area contributed by atoms with E-state index in [0.29, 0.717) is 44.4 Å². The smallest absolute Gasteiger partial charge is 0.337 e. The van der Waals surface area contributed by atoms with Crippen LogP contribution in [-0.4, -0.2) is 79.1 Å². The first-order chi connectivity index (χ1) is 17.2. The summed E-state index contributed by atoms with van der Waals surface area (Å²) in [5.41, 5.74) is 0.523. The van der Waals surface area contributed by atoms with E-state index in [9.17, 15) is 29.4 Å². The number of hydrogen-bond acceptors (Lipinski definition) is 8. The molecule has 4 rings (SSSR count). The second-order valence-electron chi connectivity index (χ2n) is 7.57. The molecule has 2 aliphatic rings. The van der Waals surface area contributed by atoms with Crippen molar-refractivity contribution in [2.75, 3.05) is 24.6 Å². The second kappa shape index (κ2) is 11.8. The van der Waals surface area contributed by atoms with Crippen LogP contribution < -0.4 is 0 Å². The molecule has 14 heteroatoms. The SMILES string of the molecule is O=C(O)C1SCCN1C(=O)c1cc(Cl)ccc1SSc1ccc(Cl)cc1C(=O)N1CCSC1C(=O)O. The van der Waals surface area contributed by atoms with Gasteiger partial charge in [0.05, 0.1) is 11.1 Å². The van der Waals surface area contributed by atoms with Gasteiger partial charge in [0.25, 0.3) is 11.8 Å². The van der Waals surface area contributed by atoms with Crippen molar-refractivity contribution >= 4 is 92.1 Å². The lowest BCUT2D eigenvalue weighted by atomic mass is 10.2. The Morgan fingerprint density at radius 3 is 1.50 bits per heavy atom. The van der Waals surface area contributed by atoms with Crippen LogP contribution in [0, 0.1) is 0 Å². The Labute approximate surface area is 232 Å². The highest BCUT2D eigenvalue weighted by Gasteiger charge is 2.37. The fourth-order valence-electron chi connectivity index (χ4n) is 3.65. The third kappa shape index (κ3) is 5.89. The first-order valence-electron chi connectivity index (χ1n) is 10.4. The highest BCUT2D eigenvalue weighted by atomic mass is 35.5. The van der Waals surface area contributed by atoms with Gasteiger partial charge in [0.1, 0.15) is 0 Å². The number of carbonyl (C=O) groups excluding carboxylic acids is 2. The van der Waals surface area contributed by atoms with Gasteiger partial charge in [-0.15, -0.1) is 23.5 Å². The van der Waals surface area contributed by atoms with Gasteiger partial charge in [0.2, 0.25) is 0 Å². The average molecular weight is 606 g/mol. The van der Waals surface area contributed by atoms with Crippen molar-refractivity contribution in [2.45, 2.75) is 20.5 Å². The molecule has 2 aliphatic heterocycles. The number of halogens is 2. The molecule has 2 fully saturated rings. The molecule has 2 unspecified atom stereocenters. The highest BCUT2D eigenvalue weighted by Crippen LogP contribution is 2.43. The lowest BCUT2D eigenvalue weighted by molar-refractivity contribution is -0.139. The monoisotopic (exact) mass is 604 g/mol. The molecule has 0 saturated carbocycles. The Morgan fingerprint density at radius 1 is 0.750 bits per heavy atom. The van der Waals surface area contributed by atoms with Crippen LogP contribution in [0.4, 0.5) is 0 Å². The lowest BCUT2D eigenvalue weighted by Gasteiger charge is -2.22. The summed E-state index contributed by atoms with van der Waals surface area (Å²) in [5.74, 6) is -2.01. The number of nitrogens with zero attached hydrogens (tertiary/aromatic N) is 2. The molecule has 2 atom stereocenters. The van der Waals surface area contributed by atoms with Gasteiger partial charge in [-0.2, -0.15) is 0 Å². The molecule has 0 radical (unpaired) electrons. The summed E-state index contributed by atoms with van der Waals surface area (Å²) < 4.78 is 0. The van der Waals surface area contributed by atoms with Crippen LogP contribution in [-0.2, 0) is 9.59 Å². The van der Waals surface area contributed by atoms with E-state index >= 15 is 0 Å². The molecule has 2 saturated heterocycles. The van der Waals surface area contributed by atoms with Crippen LogP contribution in [0.15, 0.2) is 46.2 Å². The summed E-state index contributed by atoms with van der Waals surface area (Å²) >= 11 is 14.7. The molecule has 0 aromatic heterocycles. The minimum atomic E-state index is -1.08. The molecule has 36 heavy (non-hydrogen) atoms. The second-order valence-corrected chi connectivity index (χ2v) is 13.0. The quantitative estimate of drug-likeness (QED) is 0.418. The first kappa shape index (κ1) is 27.3. The summed E-state index contributed by atoms with van der Waals surface area (Å²) in [6, 6.07) is 9.59. The van der Waals surface area contributed by atoms with Gasteiger partial charge in [-0.05, 0) is 36.4 Å². The van der Waals surface area contributed by atoms with Gasteiger partial charge >= 0.3 is 11.9 Å². The largest absolute Gasteiger partial charge is 0.479 e. The van der Waals surface area contributed by atoms with Gasteiger partial charge in [0, 0.05) is 44.4 Å². The fourth-order valence-corrected chi connectivity index (χ4v) is 8.40. The Hall–Kier alpha value is -1.70. The zero-order valence-electron chi connectivity index (χ0n) is 18.3. The number of thioether (sulfide) groups is 2. The third-order valence-corrected chi connectivity index (χ3v) is 10.6. The van der Waals surface area contributed by atoms with E-state index in [-0.39, 0.29) is 11.1 Å². The van der Waals surface area contributed by atoms with Crippen LogP contribution in [0.5, 0.6) is 0 Å². The van der Waals surface area contributed by atoms with Crippen LogP contribution in [0.1, 0.15) is 20.7 Å². The highest BCUT2D eigenvalue weighted by molar-refractivity contribution is 8.76. The topological polar surface area (TPSA) is 115 Å². The Balaban J connectivity index is 1.59. The zero-order chi connectivity index (χ0) is 26.0. The molecule has 190 valence electrons. The third-order valence-electron chi connectivity index (χ3n) is 5.29. The van der Waals surface area contributed by atoms with Gasteiger partial charge in [-0.1, -0.05) is 44.8 Å². The lowest BCUT2D eigenvalue weighted by Crippen LogP contribution is -2.39. The number of amides is 2. The van der Waals surface area contributed by atoms with Gasteiger partial charge in [-0.25, -0.2) is 9.59 Å². The zero-order valence-corrected chi connectivity index (χ0v) is 23.0. The van der Waals surface area contributed by atoms with E-state index in [1.165, 1.54) is 67.0 Å². The Kier molecular flexibility index (Phi) is 8.95. The summed E-state index contributed by atoms with van der Waals surface area (Å²) in [6.45, 7) is 0.608. The molecule has 2 aromatic carbocycles. The number of benzene rings is 2. The maximum atomic E-state index is 13.3. The number of aliphatic carboxylic acids is 2.